The van der Waals surface area contributed by atoms with Gasteiger partial charge in [0.2, 0.25) is 0 Å². The first-order valence-electron chi connectivity index (χ1n) is 6.07. The molecular weight excluding hydrogens is 212 g/mol. The number of fused-ring (bicyclic) bond motifs is 1. The van der Waals surface area contributed by atoms with Crippen LogP contribution in [0.2, 0.25) is 0 Å². The van der Waals surface area contributed by atoms with Crippen molar-refractivity contribution in [2.75, 3.05) is 7.11 Å². The number of benzene rings is 1. The first-order valence-corrected chi connectivity index (χ1v) is 6.07. The summed E-state index contributed by atoms with van der Waals surface area (Å²) in [5.41, 5.74) is 8.57. The second-order valence-electron chi connectivity index (χ2n) is 4.43. The molecule has 0 saturated carbocycles. The summed E-state index contributed by atoms with van der Waals surface area (Å²) in [6, 6.07) is 8.63. The summed E-state index contributed by atoms with van der Waals surface area (Å²) in [4.78, 5) is 0. The predicted molar refractivity (Wildman–Crippen MR) is 70.9 cm³/mol. The second kappa shape index (κ2) is 5.34. The molecule has 0 spiro atoms. The van der Waals surface area contributed by atoms with Gasteiger partial charge in [0.1, 0.15) is 6.73 Å². The number of nitrogens with zero attached hydrogens (tertiary/aromatic N) is 1. The first kappa shape index (κ1) is 12.1. The van der Waals surface area contributed by atoms with Crippen LogP contribution in [0.25, 0.3) is 10.9 Å². The minimum absolute atomic E-state index is 0.233. The normalized spacial score (nSPS) is 13.1. The van der Waals surface area contributed by atoms with E-state index in [-0.39, 0.29) is 6.04 Å². The summed E-state index contributed by atoms with van der Waals surface area (Å²) >= 11 is 0. The van der Waals surface area contributed by atoms with Crippen LogP contribution < -0.4 is 5.73 Å². The molecule has 1 unspecified atom stereocenters. The van der Waals surface area contributed by atoms with Crippen LogP contribution in [-0.4, -0.2) is 17.7 Å². The molecule has 1 aromatic heterocycles. The number of methoxy groups -OCH3 is 1. The van der Waals surface area contributed by atoms with Crippen LogP contribution in [0.4, 0.5) is 0 Å². The van der Waals surface area contributed by atoms with E-state index in [2.05, 4.69) is 42.0 Å². The second-order valence-corrected chi connectivity index (χ2v) is 4.43. The van der Waals surface area contributed by atoms with Gasteiger partial charge >= 0.3 is 0 Å². The van der Waals surface area contributed by atoms with E-state index in [0.29, 0.717) is 6.73 Å². The van der Waals surface area contributed by atoms with E-state index < -0.39 is 0 Å². The Hall–Kier alpha value is -1.32. The van der Waals surface area contributed by atoms with Crippen LogP contribution in [0.1, 0.15) is 18.9 Å². The lowest BCUT2D eigenvalue weighted by molar-refractivity contribution is 0.134. The molecule has 0 aliphatic rings. The summed E-state index contributed by atoms with van der Waals surface area (Å²) < 4.78 is 7.34. The van der Waals surface area contributed by atoms with Crippen molar-refractivity contribution in [2.45, 2.75) is 32.5 Å². The highest BCUT2D eigenvalue weighted by Gasteiger charge is 2.10. The number of ether oxygens (including phenoxy) is 1. The molecule has 1 aromatic carbocycles. The van der Waals surface area contributed by atoms with E-state index in [1.165, 1.54) is 16.5 Å². The maximum Gasteiger partial charge on any atom is 0.122 e. The minimum Gasteiger partial charge on any atom is -0.364 e. The molecule has 0 amide bonds. The van der Waals surface area contributed by atoms with Crippen LogP contribution in [0.5, 0.6) is 0 Å². The molecular formula is C14H20N2O. The van der Waals surface area contributed by atoms with Crippen LogP contribution >= 0.6 is 0 Å². The molecule has 2 rings (SSSR count). The van der Waals surface area contributed by atoms with Gasteiger partial charge in [-0.15, -0.1) is 0 Å². The fourth-order valence-electron chi connectivity index (χ4n) is 2.16. The Morgan fingerprint density at radius 2 is 2.12 bits per heavy atom. The summed E-state index contributed by atoms with van der Waals surface area (Å²) in [7, 11) is 1.71. The number of para-hydroxylation sites is 1. The molecule has 17 heavy (non-hydrogen) atoms. The molecule has 0 aliphatic heterocycles. The summed E-state index contributed by atoms with van der Waals surface area (Å²) in [5.74, 6) is 0. The van der Waals surface area contributed by atoms with Gasteiger partial charge in [0.15, 0.2) is 0 Å². The third-order valence-corrected chi connectivity index (χ3v) is 3.15. The van der Waals surface area contributed by atoms with Gasteiger partial charge < -0.3 is 15.0 Å². The number of hydrogen-bond acceptors (Lipinski definition) is 2. The van der Waals surface area contributed by atoms with Crippen LogP contribution in [0.3, 0.4) is 0 Å². The average molecular weight is 232 g/mol. The van der Waals surface area contributed by atoms with Gasteiger partial charge in [-0.25, -0.2) is 0 Å². The van der Waals surface area contributed by atoms with Crippen LogP contribution in [-0.2, 0) is 17.9 Å². The Balaban J connectivity index is 2.41. The molecule has 2 N–H and O–H groups in total. The maximum atomic E-state index is 6.04. The highest BCUT2D eigenvalue weighted by molar-refractivity contribution is 5.84. The van der Waals surface area contributed by atoms with Crippen molar-refractivity contribution in [1.82, 2.24) is 4.57 Å². The number of nitrogens with two attached hydrogens (primary N) is 1. The summed E-state index contributed by atoms with van der Waals surface area (Å²) in [5, 5.41) is 1.29. The fraction of sp³-hybridized carbons (Fsp3) is 0.429. The molecule has 0 saturated heterocycles. The molecule has 3 heteroatoms. The zero-order chi connectivity index (χ0) is 12.3. The zero-order valence-corrected chi connectivity index (χ0v) is 10.5. The Kier molecular flexibility index (Phi) is 3.82. The van der Waals surface area contributed by atoms with Crippen molar-refractivity contribution in [3.63, 3.8) is 0 Å². The van der Waals surface area contributed by atoms with Gasteiger partial charge in [-0.2, -0.15) is 0 Å². The van der Waals surface area contributed by atoms with Gasteiger partial charge in [-0.3, -0.25) is 0 Å². The molecule has 0 bridgehead atoms. The SMILES string of the molecule is CCC(N)Cc1cn(COC)c2ccccc12. The van der Waals surface area contributed by atoms with Crippen molar-refractivity contribution < 1.29 is 4.74 Å². The Morgan fingerprint density at radius 1 is 1.35 bits per heavy atom. The lowest BCUT2D eigenvalue weighted by atomic mass is 10.0. The van der Waals surface area contributed by atoms with Crippen LogP contribution in [0.15, 0.2) is 30.5 Å². The van der Waals surface area contributed by atoms with Crippen molar-refractivity contribution in [3.8, 4) is 0 Å². The van der Waals surface area contributed by atoms with Gasteiger partial charge in [-0.1, -0.05) is 25.1 Å². The fourth-order valence-corrected chi connectivity index (χ4v) is 2.16. The van der Waals surface area contributed by atoms with Gasteiger partial charge in [0.25, 0.3) is 0 Å². The largest absolute Gasteiger partial charge is 0.364 e. The van der Waals surface area contributed by atoms with Crippen molar-refractivity contribution >= 4 is 10.9 Å². The van der Waals surface area contributed by atoms with Gasteiger partial charge in [0.05, 0.1) is 5.52 Å². The molecule has 0 aliphatic carbocycles. The highest BCUT2D eigenvalue weighted by atomic mass is 16.5. The van der Waals surface area contributed by atoms with E-state index in [4.69, 9.17) is 10.5 Å². The smallest absolute Gasteiger partial charge is 0.122 e. The Bertz CT molecular complexity index is 490. The minimum atomic E-state index is 0.233. The molecule has 1 atom stereocenters. The lowest BCUT2D eigenvalue weighted by Crippen LogP contribution is -2.21. The zero-order valence-electron chi connectivity index (χ0n) is 10.5. The maximum absolute atomic E-state index is 6.04. The standard InChI is InChI=1S/C14H20N2O/c1-3-12(15)8-11-9-16(10-17-2)14-7-5-4-6-13(11)14/h4-7,9,12H,3,8,10,15H2,1-2H3. The van der Waals surface area contributed by atoms with E-state index in [9.17, 15) is 0 Å². The third-order valence-electron chi connectivity index (χ3n) is 3.15. The van der Waals surface area contributed by atoms with E-state index in [0.717, 1.165) is 12.8 Å². The first-order chi connectivity index (χ1) is 8.26. The van der Waals surface area contributed by atoms with Gasteiger partial charge in [0, 0.05) is 24.7 Å². The summed E-state index contributed by atoms with van der Waals surface area (Å²) in [6.45, 7) is 2.71. The molecule has 0 radical (unpaired) electrons. The Labute approximate surface area is 102 Å². The summed E-state index contributed by atoms with van der Waals surface area (Å²) in [6.07, 6.45) is 4.08. The molecule has 1 heterocycles. The number of rotatable bonds is 5. The van der Waals surface area contributed by atoms with Crippen molar-refractivity contribution in [2.24, 2.45) is 5.73 Å². The molecule has 3 nitrogen and oxygen atoms in total. The van der Waals surface area contributed by atoms with Crippen molar-refractivity contribution in [3.05, 3.63) is 36.0 Å². The molecule has 0 fully saturated rings. The van der Waals surface area contributed by atoms with Crippen LogP contribution in [0, 0.1) is 0 Å². The molecule has 2 aromatic rings. The molecule has 92 valence electrons. The van der Waals surface area contributed by atoms with E-state index in [1.54, 1.807) is 7.11 Å². The van der Waals surface area contributed by atoms with E-state index in [1.807, 2.05) is 0 Å². The highest BCUT2D eigenvalue weighted by Crippen LogP contribution is 2.22. The van der Waals surface area contributed by atoms with E-state index >= 15 is 0 Å². The third kappa shape index (κ3) is 2.51. The lowest BCUT2D eigenvalue weighted by Gasteiger charge is -2.06. The quantitative estimate of drug-likeness (QED) is 0.860. The topological polar surface area (TPSA) is 40.2 Å². The predicted octanol–water partition coefficient (Wildman–Crippen LogP) is 2.53. The number of hydrogen-bond donors (Lipinski definition) is 1. The monoisotopic (exact) mass is 232 g/mol. The van der Waals surface area contributed by atoms with Gasteiger partial charge in [-0.05, 0) is 24.5 Å². The van der Waals surface area contributed by atoms with Crippen molar-refractivity contribution in [1.29, 1.82) is 0 Å². The Morgan fingerprint density at radius 3 is 2.82 bits per heavy atom. The average Bonchev–Trinajstić information content (AvgIpc) is 2.69. The number of aromatic nitrogens is 1.